The van der Waals surface area contributed by atoms with Crippen molar-refractivity contribution in [3.63, 3.8) is 0 Å². The summed E-state index contributed by atoms with van der Waals surface area (Å²) in [7, 11) is 0. The van der Waals surface area contributed by atoms with Crippen molar-refractivity contribution >= 4 is 29.2 Å². The van der Waals surface area contributed by atoms with Gasteiger partial charge in [-0.1, -0.05) is 54.1 Å². The van der Waals surface area contributed by atoms with Gasteiger partial charge in [0.25, 0.3) is 0 Å². The first-order valence-electron chi connectivity index (χ1n) is 7.97. The highest BCUT2D eigenvalue weighted by atomic mass is 35.5. The molecule has 1 heterocycles. The number of amides is 1. The van der Waals surface area contributed by atoms with Gasteiger partial charge in [0.2, 0.25) is 5.91 Å². The van der Waals surface area contributed by atoms with Crippen LogP contribution in [-0.2, 0) is 9.59 Å². The molecule has 5 nitrogen and oxygen atoms in total. The minimum Gasteiger partial charge on any atom is -0.481 e. The van der Waals surface area contributed by atoms with Gasteiger partial charge in [-0.2, -0.15) is 5.10 Å². The van der Waals surface area contributed by atoms with Crippen LogP contribution >= 0.6 is 11.6 Å². The molecule has 0 saturated carbocycles. The van der Waals surface area contributed by atoms with Crippen molar-refractivity contribution in [2.45, 2.75) is 25.3 Å². The number of rotatable bonds is 5. The van der Waals surface area contributed by atoms with Gasteiger partial charge in [-0.15, -0.1) is 0 Å². The minimum absolute atomic E-state index is 0.0784. The molecule has 1 amide bonds. The second-order valence-corrected chi connectivity index (χ2v) is 6.25. The fourth-order valence-electron chi connectivity index (χ4n) is 2.82. The summed E-state index contributed by atoms with van der Waals surface area (Å²) in [4.78, 5) is 23.3. The molecule has 0 aromatic heterocycles. The first-order valence-corrected chi connectivity index (χ1v) is 8.34. The van der Waals surface area contributed by atoms with Crippen LogP contribution in [0.1, 0.15) is 36.4 Å². The topological polar surface area (TPSA) is 70.0 Å². The lowest BCUT2D eigenvalue weighted by Gasteiger charge is -2.22. The quantitative estimate of drug-likeness (QED) is 0.883. The van der Waals surface area contributed by atoms with Gasteiger partial charge in [-0.05, 0) is 23.3 Å². The average Bonchev–Trinajstić information content (AvgIpc) is 3.06. The van der Waals surface area contributed by atoms with E-state index >= 15 is 0 Å². The molecule has 1 N–H and O–H groups in total. The summed E-state index contributed by atoms with van der Waals surface area (Å²) >= 11 is 5.95. The Kier molecular flexibility index (Phi) is 5.14. The largest absolute Gasteiger partial charge is 0.481 e. The van der Waals surface area contributed by atoms with Gasteiger partial charge < -0.3 is 5.11 Å². The van der Waals surface area contributed by atoms with Crippen LogP contribution in [0.15, 0.2) is 59.7 Å². The zero-order chi connectivity index (χ0) is 17.8. The van der Waals surface area contributed by atoms with E-state index in [9.17, 15) is 9.59 Å². The van der Waals surface area contributed by atoms with Crippen molar-refractivity contribution in [3.05, 3.63) is 70.7 Å². The first-order chi connectivity index (χ1) is 12.0. The van der Waals surface area contributed by atoms with Crippen molar-refractivity contribution in [2.75, 3.05) is 0 Å². The lowest BCUT2D eigenvalue weighted by Crippen LogP contribution is -2.27. The summed E-state index contributed by atoms with van der Waals surface area (Å²) < 4.78 is 0. The fourth-order valence-corrected chi connectivity index (χ4v) is 2.94. The molecule has 0 fully saturated rings. The molecule has 25 heavy (non-hydrogen) atoms. The third-order valence-corrected chi connectivity index (χ3v) is 4.33. The van der Waals surface area contributed by atoms with Crippen LogP contribution in [0.2, 0.25) is 5.02 Å². The van der Waals surface area contributed by atoms with E-state index in [1.807, 2.05) is 42.5 Å². The van der Waals surface area contributed by atoms with Gasteiger partial charge >= 0.3 is 5.97 Å². The molecule has 0 spiro atoms. The van der Waals surface area contributed by atoms with Gasteiger partial charge in [-0.25, -0.2) is 5.01 Å². The summed E-state index contributed by atoms with van der Waals surface area (Å²) in [6.45, 7) is 0. The molecule has 0 aliphatic carbocycles. The van der Waals surface area contributed by atoms with Gasteiger partial charge in [0.15, 0.2) is 0 Å². The highest BCUT2D eigenvalue weighted by Crippen LogP contribution is 2.33. The zero-order valence-electron chi connectivity index (χ0n) is 13.4. The molecule has 0 bridgehead atoms. The molecule has 0 radical (unpaired) electrons. The Morgan fingerprint density at radius 3 is 2.40 bits per heavy atom. The van der Waals surface area contributed by atoms with Crippen LogP contribution in [0.5, 0.6) is 0 Å². The second kappa shape index (κ2) is 7.49. The van der Waals surface area contributed by atoms with Crippen molar-refractivity contribution in [2.24, 2.45) is 5.10 Å². The number of carbonyl (C=O) groups is 2. The zero-order valence-corrected chi connectivity index (χ0v) is 14.2. The molecule has 1 atom stereocenters. The molecular weight excluding hydrogens is 340 g/mol. The molecule has 2 aromatic rings. The molecule has 0 unspecified atom stereocenters. The smallest absolute Gasteiger partial charge is 0.303 e. The summed E-state index contributed by atoms with van der Waals surface area (Å²) in [6.07, 6.45) is 0.286. The normalized spacial score (nSPS) is 16.6. The van der Waals surface area contributed by atoms with Crippen LogP contribution in [0.4, 0.5) is 0 Å². The predicted molar refractivity (Wildman–Crippen MR) is 95.5 cm³/mol. The number of aliphatic carboxylic acids is 1. The molecule has 1 aliphatic heterocycles. The molecule has 1 aliphatic rings. The van der Waals surface area contributed by atoms with Crippen LogP contribution in [0, 0.1) is 0 Å². The van der Waals surface area contributed by atoms with E-state index in [2.05, 4.69) is 5.10 Å². The number of benzene rings is 2. The molecule has 128 valence electrons. The number of hydrogen-bond acceptors (Lipinski definition) is 3. The van der Waals surface area contributed by atoms with Gasteiger partial charge in [0.1, 0.15) is 0 Å². The van der Waals surface area contributed by atoms with E-state index in [0.717, 1.165) is 16.8 Å². The Labute approximate surface area is 150 Å². The number of carboxylic acids is 1. The predicted octanol–water partition coefficient (Wildman–Crippen LogP) is 3.88. The summed E-state index contributed by atoms with van der Waals surface area (Å²) in [6, 6.07) is 16.7. The lowest BCUT2D eigenvalue weighted by molar-refractivity contribution is -0.141. The lowest BCUT2D eigenvalue weighted by atomic mass is 9.98. The maximum absolute atomic E-state index is 12.5. The Bertz CT molecular complexity index is 803. The fraction of sp³-hybridized carbons (Fsp3) is 0.211. The Hall–Kier alpha value is -2.66. The van der Waals surface area contributed by atoms with Crippen LogP contribution in [0.25, 0.3) is 0 Å². The molecule has 2 aromatic carbocycles. The molecule has 3 rings (SSSR count). The van der Waals surface area contributed by atoms with Crippen molar-refractivity contribution < 1.29 is 14.7 Å². The van der Waals surface area contributed by atoms with Crippen molar-refractivity contribution in [3.8, 4) is 0 Å². The first kappa shape index (κ1) is 17.2. The summed E-state index contributed by atoms with van der Waals surface area (Å²) in [5.41, 5.74) is 2.68. The number of nitrogens with zero attached hydrogens (tertiary/aromatic N) is 2. The maximum Gasteiger partial charge on any atom is 0.303 e. The SMILES string of the molecule is O=C(O)CCC(=O)N1N=C(c2ccccc2)C[C@@H]1c1ccc(Cl)cc1. The van der Waals surface area contributed by atoms with Crippen LogP contribution in [-0.4, -0.2) is 27.7 Å². The number of hydrazone groups is 1. The number of halogens is 1. The monoisotopic (exact) mass is 356 g/mol. The van der Waals surface area contributed by atoms with E-state index < -0.39 is 5.97 Å². The van der Waals surface area contributed by atoms with Gasteiger partial charge in [0.05, 0.1) is 18.2 Å². The van der Waals surface area contributed by atoms with Crippen molar-refractivity contribution in [1.29, 1.82) is 0 Å². The molecule has 0 saturated heterocycles. The van der Waals surface area contributed by atoms with Crippen LogP contribution in [0.3, 0.4) is 0 Å². The third kappa shape index (κ3) is 4.06. The third-order valence-electron chi connectivity index (χ3n) is 4.08. The highest BCUT2D eigenvalue weighted by molar-refractivity contribution is 6.30. The minimum atomic E-state index is -0.997. The number of carboxylic acid groups (broad SMARTS) is 1. The average molecular weight is 357 g/mol. The molecular formula is C19H17ClN2O3. The Balaban J connectivity index is 1.89. The Morgan fingerprint density at radius 2 is 1.76 bits per heavy atom. The van der Waals surface area contributed by atoms with E-state index in [1.165, 1.54) is 5.01 Å². The van der Waals surface area contributed by atoms with Gasteiger partial charge in [0, 0.05) is 17.9 Å². The highest BCUT2D eigenvalue weighted by Gasteiger charge is 2.32. The second-order valence-electron chi connectivity index (χ2n) is 5.82. The van der Waals surface area contributed by atoms with E-state index in [-0.39, 0.29) is 24.8 Å². The Morgan fingerprint density at radius 1 is 1.08 bits per heavy atom. The summed E-state index contributed by atoms with van der Waals surface area (Å²) in [5.74, 6) is -1.30. The molecule has 6 heteroatoms. The standard InChI is InChI=1S/C19H17ClN2O3/c20-15-8-6-14(7-9-15)17-12-16(13-4-2-1-3-5-13)21-22(17)18(23)10-11-19(24)25/h1-9,17H,10-12H2,(H,24,25)/t17-/m1/s1. The number of hydrogen-bond donors (Lipinski definition) is 1. The van der Waals surface area contributed by atoms with Crippen LogP contribution < -0.4 is 0 Å². The van der Waals surface area contributed by atoms with E-state index in [1.54, 1.807) is 12.1 Å². The summed E-state index contributed by atoms with van der Waals surface area (Å²) in [5, 5.41) is 15.3. The van der Waals surface area contributed by atoms with Gasteiger partial charge in [-0.3, -0.25) is 9.59 Å². The van der Waals surface area contributed by atoms with E-state index in [4.69, 9.17) is 16.7 Å². The maximum atomic E-state index is 12.5. The number of carbonyl (C=O) groups excluding carboxylic acids is 1. The van der Waals surface area contributed by atoms with Crippen molar-refractivity contribution in [1.82, 2.24) is 5.01 Å². The van der Waals surface area contributed by atoms with E-state index in [0.29, 0.717) is 11.4 Å².